The first-order valence-electron chi connectivity index (χ1n) is 17.5. The summed E-state index contributed by atoms with van der Waals surface area (Å²) in [5.74, 6) is -1.38. The first-order chi connectivity index (χ1) is 21.3. The molecule has 0 radical (unpaired) electrons. The molecule has 5 atom stereocenters. The summed E-state index contributed by atoms with van der Waals surface area (Å²) in [6.07, 6.45) is 23.1. The van der Waals surface area contributed by atoms with Crippen LogP contribution in [0.1, 0.15) is 142 Å². The zero-order chi connectivity index (χ0) is 32.4. The number of unbranched alkanes of at least 4 members (excludes halogenated alkanes) is 12. The number of esters is 2. The van der Waals surface area contributed by atoms with Crippen molar-refractivity contribution in [2.45, 2.75) is 161 Å². The van der Waals surface area contributed by atoms with Gasteiger partial charge in [-0.15, -0.1) is 0 Å². The zero-order valence-electron chi connectivity index (χ0n) is 27.6. The maximum absolute atomic E-state index is 12.4. The van der Waals surface area contributed by atoms with E-state index in [2.05, 4.69) is 13.8 Å². The molecule has 0 aliphatic heterocycles. The Labute approximate surface area is 266 Å². The second-order valence-corrected chi connectivity index (χ2v) is 12.4. The van der Waals surface area contributed by atoms with Crippen molar-refractivity contribution in [3.05, 3.63) is 24.3 Å². The van der Waals surface area contributed by atoms with Crippen LogP contribution in [0.5, 0.6) is 0 Å². The van der Waals surface area contributed by atoms with Crippen molar-refractivity contribution in [1.82, 2.24) is 0 Å². The number of carbonyl (C=O) groups is 3. The van der Waals surface area contributed by atoms with Gasteiger partial charge in [-0.3, -0.25) is 14.4 Å². The van der Waals surface area contributed by atoms with Crippen LogP contribution in [0.25, 0.3) is 0 Å². The first-order valence-corrected chi connectivity index (χ1v) is 17.5. The average Bonchev–Trinajstić information content (AvgIpc) is 3.27. The highest BCUT2D eigenvalue weighted by molar-refractivity contribution is 5.84. The van der Waals surface area contributed by atoms with E-state index < -0.39 is 30.9 Å². The Hall–Kier alpha value is -2.03. The molecule has 0 saturated heterocycles. The summed E-state index contributed by atoms with van der Waals surface area (Å²) in [5, 5.41) is 30.0. The molecule has 8 nitrogen and oxygen atoms in total. The molecule has 3 N–H and O–H groups in total. The van der Waals surface area contributed by atoms with Gasteiger partial charge in [-0.25, -0.2) is 0 Å². The predicted molar refractivity (Wildman–Crippen MR) is 174 cm³/mol. The molecule has 1 aliphatic rings. The Kier molecular flexibility index (Phi) is 23.8. The van der Waals surface area contributed by atoms with Crippen LogP contribution in [0, 0.1) is 11.8 Å². The maximum Gasteiger partial charge on any atom is 0.306 e. The normalized spacial score (nSPS) is 20.0. The lowest BCUT2D eigenvalue weighted by Crippen LogP contribution is -2.28. The second kappa shape index (κ2) is 26.2. The van der Waals surface area contributed by atoms with E-state index in [1.807, 2.05) is 12.2 Å². The molecule has 0 unspecified atom stereocenters. The second-order valence-electron chi connectivity index (χ2n) is 12.4. The van der Waals surface area contributed by atoms with E-state index in [0.29, 0.717) is 32.1 Å². The number of ether oxygens (including phenoxy) is 2. The molecule has 0 aromatic carbocycles. The van der Waals surface area contributed by atoms with Gasteiger partial charge < -0.3 is 24.8 Å². The largest absolute Gasteiger partial charge is 0.462 e. The van der Waals surface area contributed by atoms with E-state index >= 15 is 0 Å². The molecular weight excluding hydrogens is 560 g/mol. The number of allylic oxidation sites excluding steroid dienone is 2. The van der Waals surface area contributed by atoms with Crippen molar-refractivity contribution < 1.29 is 39.2 Å². The molecule has 1 fully saturated rings. The van der Waals surface area contributed by atoms with Crippen molar-refractivity contribution in [3.8, 4) is 0 Å². The molecule has 44 heavy (non-hydrogen) atoms. The lowest BCUT2D eigenvalue weighted by molar-refractivity contribution is -0.161. The van der Waals surface area contributed by atoms with E-state index in [1.54, 1.807) is 12.2 Å². The molecule has 0 bridgehead atoms. The van der Waals surface area contributed by atoms with E-state index in [0.717, 1.165) is 38.5 Å². The van der Waals surface area contributed by atoms with Crippen LogP contribution < -0.4 is 0 Å². The van der Waals surface area contributed by atoms with E-state index in [9.17, 15) is 29.7 Å². The Morgan fingerprint density at radius 2 is 1.48 bits per heavy atom. The van der Waals surface area contributed by atoms with Gasteiger partial charge in [0.15, 0.2) is 6.10 Å². The number of aliphatic hydroxyl groups is 3. The molecule has 0 aromatic heterocycles. The van der Waals surface area contributed by atoms with Crippen LogP contribution in [-0.4, -0.2) is 64.6 Å². The molecule has 0 aromatic rings. The Balaban J connectivity index is 2.21. The fourth-order valence-electron chi connectivity index (χ4n) is 5.59. The van der Waals surface area contributed by atoms with Crippen LogP contribution in [-0.2, 0) is 23.9 Å². The lowest BCUT2D eigenvalue weighted by atomic mass is 9.90. The minimum absolute atomic E-state index is 0.0279. The van der Waals surface area contributed by atoms with Gasteiger partial charge in [-0.1, -0.05) is 115 Å². The molecule has 0 spiro atoms. The fourth-order valence-corrected chi connectivity index (χ4v) is 5.59. The third kappa shape index (κ3) is 19.4. The summed E-state index contributed by atoms with van der Waals surface area (Å²) in [5.41, 5.74) is 0. The van der Waals surface area contributed by atoms with Gasteiger partial charge in [-0.05, 0) is 32.1 Å². The summed E-state index contributed by atoms with van der Waals surface area (Å²) in [7, 11) is 0. The number of hydrogen-bond donors (Lipinski definition) is 3. The number of ketones is 1. The molecule has 254 valence electrons. The quantitative estimate of drug-likeness (QED) is 0.0511. The summed E-state index contributed by atoms with van der Waals surface area (Å²) in [4.78, 5) is 36.6. The topological polar surface area (TPSA) is 130 Å². The third-order valence-electron chi connectivity index (χ3n) is 8.37. The van der Waals surface area contributed by atoms with Gasteiger partial charge in [0.2, 0.25) is 0 Å². The average molecular weight is 623 g/mol. The minimum Gasteiger partial charge on any atom is -0.462 e. The standard InChI is InChI=1S/C36H62O8/c1-3-5-7-8-9-10-11-12-13-18-22-35(41)43-28-30(27-37)44-36(42)23-19-15-14-17-21-31-32(34(40)26-33(31)39)25-24-29(38)20-16-6-4-2/h14,17,24-25,29-32,34,37-38,40H,3-13,15-16,18-23,26-28H2,1-2H3/b17-14-,25-24+/t29-,30-,31+,32+,34+/m0/s1. The van der Waals surface area contributed by atoms with E-state index in [1.165, 1.54) is 44.9 Å². The SMILES string of the molecule is CCCCCCCCCCCCC(=O)OC[C@H](CO)OC(=O)CCC/C=C\C[C@H]1C(=O)C[C@@H](O)[C@@H]1/C=C/[C@@H](O)CCCCC. The Morgan fingerprint density at radius 3 is 2.14 bits per heavy atom. The summed E-state index contributed by atoms with van der Waals surface area (Å²) in [6, 6.07) is 0. The highest BCUT2D eigenvalue weighted by Crippen LogP contribution is 2.33. The predicted octanol–water partition coefficient (Wildman–Crippen LogP) is 6.92. The zero-order valence-corrected chi connectivity index (χ0v) is 27.6. The maximum atomic E-state index is 12.4. The van der Waals surface area contributed by atoms with Crippen molar-refractivity contribution in [2.75, 3.05) is 13.2 Å². The molecule has 1 rings (SSSR count). The smallest absolute Gasteiger partial charge is 0.306 e. The van der Waals surface area contributed by atoms with Gasteiger partial charge in [0.25, 0.3) is 0 Å². The van der Waals surface area contributed by atoms with Crippen LogP contribution in [0.3, 0.4) is 0 Å². The van der Waals surface area contributed by atoms with E-state index in [-0.39, 0.29) is 43.0 Å². The molecule has 0 heterocycles. The van der Waals surface area contributed by atoms with Crippen molar-refractivity contribution in [1.29, 1.82) is 0 Å². The fraction of sp³-hybridized carbons (Fsp3) is 0.806. The number of aliphatic hydroxyl groups excluding tert-OH is 3. The summed E-state index contributed by atoms with van der Waals surface area (Å²) in [6.45, 7) is 3.77. The number of hydrogen-bond acceptors (Lipinski definition) is 8. The Morgan fingerprint density at radius 1 is 0.864 bits per heavy atom. The van der Waals surface area contributed by atoms with Crippen molar-refractivity contribution in [3.63, 3.8) is 0 Å². The molecule has 1 aliphatic carbocycles. The first kappa shape index (κ1) is 40.0. The summed E-state index contributed by atoms with van der Waals surface area (Å²) >= 11 is 0. The highest BCUT2D eigenvalue weighted by Gasteiger charge is 2.39. The van der Waals surface area contributed by atoms with Gasteiger partial charge >= 0.3 is 11.9 Å². The number of Topliss-reactive ketones (excluding diaryl/α,β-unsaturated/α-hetero) is 1. The highest BCUT2D eigenvalue weighted by atomic mass is 16.6. The van der Waals surface area contributed by atoms with Crippen LogP contribution in [0.4, 0.5) is 0 Å². The molecular formula is C36H62O8. The van der Waals surface area contributed by atoms with Crippen LogP contribution in [0.2, 0.25) is 0 Å². The lowest BCUT2D eigenvalue weighted by Gasteiger charge is -2.16. The van der Waals surface area contributed by atoms with Crippen LogP contribution >= 0.6 is 0 Å². The molecule has 0 amide bonds. The Bertz CT molecular complexity index is 823. The number of rotatable bonds is 27. The van der Waals surface area contributed by atoms with Gasteiger partial charge in [0.05, 0.1) is 18.8 Å². The van der Waals surface area contributed by atoms with Crippen molar-refractivity contribution in [2.24, 2.45) is 11.8 Å². The summed E-state index contributed by atoms with van der Waals surface area (Å²) < 4.78 is 10.5. The van der Waals surface area contributed by atoms with Crippen LogP contribution in [0.15, 0.2) is 24.3 Å². The number of carbonyl (C=O) groups excluding carboxylic acids is 3. The molecule has 8 heteroatoms. The van der Waals surface area contributed by atoms with Gasteiger partial charge in [0.1, 0.15) is 12.4 Å². The van der Waals surface area contributed by atoms with E-state index in [4.69, 9.17) is 9.47 Å². The van der Waals surface area contributed by atoms with Crippen molar-refractivity contribution >= 4 is 17.7 Å². The third-order valence-corrected chi connectivity index (χ3v) is 8.37. The molecule has 1 saturated carbocycles. The monoisotopic (exact) mass is 622 g/mol. The van der Waals surface area contributed by atoms with Gasteiger partial charge in [-0.2, -0.15) is 0 Å². The minimum atomic E-state index is -0.871. The van der Waals surface area contributed by atoms with Gasteiger partial charge in [0, 0.05) is 31.1 Å².